The maximum Gasteiger partial charge on any atom is 0.259 e. The Labute approximate surface area is 155 Å². The molecule has 0 radical (unpaired) electrons. The van der Waals surface area contributed by atoms with Crippen LogP contribution in [-0.4, -0.2) is 26.9 Å². The van der Waals surface area contributed by atoms with E-state index >= 15 is 0 Å². The molecule has 0 spiro atoms. The minimum Gasteiger partial charge on any atom is -0.322 e. The summed E-state index contributed by atoms with van der Waals surface area (Å²) in [5.74, 6) is 1.25. The van der Waals surface area contributed by atoms with Crippen LogP contribution in [0.15, 0.2) is 48.8 Å². The van der Waals surface area contributed by atoms with E-state index in [-0.39, 0.29) is 5.91 Å². The van der Waals surface area contributed by atoms with Crippen molar-refractivity contribution in [1.29, 1.82) is 0 Å². The van der Waals surface area contributed by atoms with E-state index in [1.54, 1.807) is 41.0 Å². The zero-order valence-electron chi connectivity index (χ0n) is 13.9. The predicted molar refractivity (Wildman–Crippen MR) is 103 cm³/mol. The normalized spacial score (nSPS) is 10.7. The third-order valence-corrected chi connectivity index (χ3v) is 4.69. The first-order chi connectivity index (χ1) is 12.1. The number of aromatic nitrogens is 3. The van der Waals surface area contributed by atoms with Gasteiger partial charge >= 0.3 is 0 Å². The molecule has 0 saturated heterocycles. The Bertz CT molecular complexity index is 895. The minimum absolute atomic E-state index is 0.211. The molecule has 0 aliphatic carbocycles. The summed E-state index contributed by atoms with van der Waals surface area (Å²) in [7, 11) is 0. The fraction of sp³-hybridized carbons (Fsp3) is 0.167. The third-order valence-electron chi connectivity index (χ3n) is 3.72. The van der Waals surface area contributed by atoms with Crippen LogP contribution >= 0.6 is 23.4 Å². The number of thioether (sulfide) groups is 1. The smallest absolute Gasteiger partial charge is 0.259 e. The lowest BCUT2D eigenvalue weighted by molar-refractivity contribution is 0.102. The Kier molecular flexibility index (Phi) is 5.40. The van der Waals surface area contributed by atoms with Gasteiger partial charge in [-0.05, 0) is 49.1 Å². The van der Waals surface area contributed by atoms with E-state index in [4.69, 9.17) is 11.6 Å². The topological polar surface area (TPSA) is 59.8 Å². The monoisotopic (exact) mass is 372 g/mol. The number of carbonyl (C=O) groups is 1. The Morgan fingerprint density at radius 2 is 2.16 bits per heavy atom. The minimum atomic E-state index is -0.211. The van der Waals surface area contributed by atoms with Crippen molar-refractivity contribution < 1.29 is 4.79 Å². The lowest BCUT2D eigenvalue weighted by Gasteiger charge is -2.09. The zero-order chi connectivity index (χ0) is 17.8. The number of rotatable bonds is 5. The van der Waals surface area contributed by atoms with Gasteiger partial charge in [0.25, 0.3) is 5.91 Å². The van der Waals surface area contributed by atoms with Gasteiger partial charge in [0.1, 0.15) is 0 Å². The number of anilines is 1. The van der Waals surface area contributed by atoms with Crippen molar-refractivity contribution in [3.8, 4) is 5.82 Å². The number of nitrogens with one attached hydrogen (secondary N) is 1. The average molecular weight is 373 g/mol. The Balaban J connectivity index is 1.83. The van der Waals surface area contributed by atoms with E-state index in [1.807, 2.05) is 37.4 Å². The van der Waals surface area contributed by atoms with Gasteiger partial charge in [0.15, 0.2) is 5.82 Å². The fourth-order valence-corrected chi connectivity index (χ4v) is 3.27. The molecule has 0 unspecified atom stereocenters. The van der Waals surface area contributed by atoms with E-state index in [2.05, 4.69) is 15.4 Å². The number of nitrogens with zero attached hydrogens (tertiary/aromatic N) is 3. The SMILES string of the molecule is CSCc1cc(NC(=O)c2cnn(-c3ccccn3)c2C)ccc1Cl. The van der Waals surface area contributed by atoms with Crippen molar-refractivity contribution >= 4 is 35.0 Å². The first-order valence-electron chi connectivity index (χ1n) is 7.65. The molecule has 1 amide bonds. The Hall–Kier alpha value is -2.31. The van der Waals surface area contributed by atoms with Gasteiger partial charge in [-0.1, -0.05) is 17.7 Å². The van der Waals surface area contributed by atoms with Gasteiger partial charge in [-0.15, -0.1) is 0 Å². The summed E-state index contributed by atoms with van der Waals surface area (Å²) in [5.41, 5.74) is 2.94. The maximum absolute atomic E-state index is 12.6. The average Bonchev–Trinajstić information content (AvgIpc) is 3.00. The standard InChI is InChI=1S/C18H17ClN4OS/c1-12-15(10-21-23(12)17-5-3-4-8-20-17)18(24)22-14-6-7-16(19)13(9-14)11-25-2/h3-10H,11H2,1-2H3,(H,22,24). The second-order valence-corrected chi connectivity index (χ2v) is 6.71. The van der Waals surface area contributed by atoms with Gasteiger partial charge in [0.2, 0.25) is 0 Å². The van der Waals surface area contributed by atoms with E-state index in [9.17, 15) is 4.79 Å². The number of amides is 1. The summed E-state index contributed by atoms with van der Waals surface area (Å²) in [6.45, 7) is 1.84. The number of hydrogen-bond donors (Lipinski definition) is 1. The van der Waals surface area contributed by atoms with Crippen LogP contribution < -0.4 is 5.32 Å². The maximum atomic E-state index is 12.6. The van der Waals surface area contributed by atoms with Crippen LogP contribution in [0, 0.1) is 6.92 Å². The summed E-state index contributed by atoms with van der Waals surface area (Å²) in [6.07, 6.45) is 5.26. The van der Waals surface area contributed by atoms with Crippen LogP contribution in [0.2, 0.25) is 5.02 Å². The first kappa shape index (κ1) is 17.5. The number of pyridine rings is 1. The Morgan fingerprint density at radius 3 is 2.88 bits per heavy atom. The lowest BCUT2D eigenvalue weighted by Crippen LogP contribution is -2.13. The molecule has 0 fully saturated rings. The van der Waals surface area contributed by atoms with E-state index in [1.165, 1.54) is 0 Å². The highest BCUT2D eigenvalue weighted by molar-refractivity contribution is 7.97. The molecule has 3 aromatic rings. The summed E-state index contributed by atoms with van der Waals surface area (Å²) in [4.78, 5) is 16.9. The highest BCUT2D eigenvalue weighted by atomic mass is 35.5. The van der Waals surface area contributed by atoms with E-state index < -0.39 is 0 Å². The molecular weight excluding hydrogens is 356 g/mol. The van der Waals surface area contributed by atoms with Crippen LogP contribution in [-0.2, 0) is 5.75 Å². The third kappa shape index (κ3) is 3.86. The molecule has 3 rings (SSSR count). The van der Waals surface area contributed by atoms with Crippen molar-refractivity contribution in [2.75, 3.05) is 11.6 Å². The summed E-state index contributed by atoms with van der Waals surface area (Å²) in [6, 6.07) is 11.0. The van der Waals surface area contributed by atoms with Crippen LogP contribution in [0.4, 0.5) is 5.69 Å². The Morgan fingerprint density at radius 1 is 1.32 bits per heavy atom. The number of halogens is 1. The van der Waals surface area contributed by atoms with E-state index in [0.717, 1.165) is 17.0 Å². The van der Waals surface area contributed by atoms with Crippen LogP contribution in [0.1, 0.15) is 21.6 Å². The number of benzene rings is 1. The van der Waals surface area contributed by atoms with Crippen LogP contribution in [0.5, 0.6) is 0 Å². The van der Waals surface area contributed by atoms with Gasteiger partial charge in [0, 0.05) is 22.7 Å². The van der Waals surface area contributed by atoms with Gasteiger partial charge in [0.05, 0.1) is 17.5 Å². The molecular formula is C18H17ClN4OS. The molecule has 1 N–H and O–H groups in total. The van der Waals surface area contributed by atoms with Gasteiger partial charge in [-0.25, -0.2) is 9.67 Å². The second-order valence-electron chi connectivity index (χ2n) is 5.44. The van der Waals surface area contributed by atoms with Crippen molar-refractivity contribution in [2.45, 2.75) is 12.7 Å². The highest BCUT2D eigenvalue weighted by Crippen LogP contribution is 2.24. The van der Waals surface area contributed by atoms with E-state index in [0.29, 0.717) is 22.1 Å². The predicted octanol–water partition coefficient (Wildman–Crippen LogP) is 4.34. The van der Waals surface area contributed by atoms with Crippen LogP contribution in [0.25, 0.3) is 5.82 Å². The molecule has 25 heavy (non-hydrogen) atoms. The largest absolute Gasteiger partial charge is 0.322 e. The van der Waals surface area contributed by atoms with Gasteiger partial charge < -0.3 is 5.32 Å². The molecule has 128 valence electrons. The van der Waals surface area contributed by atoms with Gasteiger partial charge in [-0.2, -0.15) is 16.9 Å². The molecule has 7 heteroatoms. The molecule has 0 aliphatic heterocycles. The zero-order valence-corrected chi connectivity index (χ0v) is 15.4. The molecule has 1 aromatic carbocycles. The first-order valence-corrected chi connectivity index (χ1v) is 9.42. The molecule has 5 nitrogen and oxygen atoms in total. The van der Waals surface area contributed by atoms with Crippen molar-refractivity contribution in [2.24, 2.45) is 0 Å². The molecule has 0 saturated carbocycles. The molecule has 0 atom stereocenters. The van der Waals surface area contributed by atoms with Crippen molar-refractivity contribution in [3.63, 3.8) is 0 Å². The summed E-state index contributed by atoms with van der Waals surface area (Å²) in [5, 5.41) is 7.89. The highest BCUT2D eigenvalue weighted by Gasteiger charge is 2.16. The lowest BCUT2D eigenvalue weighted by atomic mass is 10.2. The summed E-state index contributed by atoms with van der Waals surface area (Å²) < 4.78 is 1.65. The summed E-state index contributed by atoms with van der Waals surface area (Å²) >= 11 is 7.86. The quantitative estimate of drug-likeness (QED) is 0.723. The van der Waals surface area contributed by atoms with Crippen molar-refractivity contribution in [3.05, 3.63) is 70.6 Å². The molecule has 2 heterocycles. The molecule has 0 aliphatic rings. The molecule has 0 bridgehead atoms. The second kappa shape index (κ2) is 7.72. The fourth-order valence-electron chi connectivity index (χ4n) is 2.46. The van der Waals surface area contributed by atoms with Gasteiger partial charge in [-0.3, -0.25) is 4.79 Å². The number of carbonyl (C=O) groups excluding carboxylic acids is 1. The molecule has 2 aromatic heterocycles. The number of hydrogen-bond acceptors (Lipinski definition) is 4. The van der Waals surface area contributed by atoms with Crippen LogP contribution in [0.3, 0.4) is 0 Å². The van der Waals surface area contributed by atoms with Crippen molar-refractivity contribution in [1.82, 2.24) is 14.8 Å².